The van der Waals surface area contributed by atoms with Crippen LogP contribution in [0.5, 0.6) is 0 Å². The normalized spacial score (nSPS) is 10.5. The van der Waals surface area contributed by atoms with E-state index in [0.29, 0.717) is 0 Å². The fraction of sp³-hybridized carbons (Fsp3) is 0.0400. The van der Waals surface area contributed by atoms with E-state index < -0.39 is 0 Å². The third kappa shape index (κ3) is 3.38. The molecule has 26 heavy (non-hydrogen) atoms. The Kier molecular flexibility index (Phi) is 4.53. The smallest absolute Gasteiger partial charge is 0.0414 e. The summed E-state index contributed by atoms with van der Waals surface area (Å²) in [5.74, 6) is 0. The summed E-state index contributed by atoms with van der Waals surface area (Å²) in [6, 6.07) is 38.4. The lowest BCUT2D eigenvalue weighted by Gasteiger charge is -2.20. The van der Waals surface area contributed by atoms with E-state index in [1.165, 1.54) is 33.6 Å². The zero-order chi connectivity index (χ0) is 17.8. The zero-order valence-electron chi connectivity index (χ0n) is 14.8. The van der Waals surface area contributed by atoms with E-state index in [1.807, 2.05) is 12.1 Å². The number of hydrogen-bond acceptors (Lipinski definition) is 1. The van der Waals surface area contributed by atoms with Crippen LogP contribution in [0.2, 0.25) is 0 Å². The van der Waals surface area contributed by atoms with Crippen LogP contribution in [0.1, 0.15) is 0 Å². The summed E-state index contributed by atoms with van der Waals surface area (Å²) >= 11 is 0. The predicted molar refractivity (Wildman–Crippen MR) is 112 cm³/mol. The molecule has 0 radical (unpaired) electrons. The summed E-state index contributed by atoms with van der Waals surface area (Å²) in [5, 5.41) is 0. The summed E-state index contributed by atoms with van der Waals surface area (Å²) in [5.41, 5.74) is 7.31. The van der Waals surface area contributed by atoms with Crippen LogP contribution < -0.4 is 4.90 Å². The Bertz CT molecular complexity index is 973. The Labute approximate surface area is 155 Å². The Morgan fingerprint density at radius 1 is 0.423 bits per heavy atom. The van der Waals surface area contributed by atoms with Gasteiger partial charge < -0.3 is 4.90 Å². The first-order valence-electron chi connectivity index (χ1n) is 8.86. The van der Waals surface area contributed by atoms with Gasteiger partial charge in [0.15, 0.2) is 0 Å². The molecule has 126 valence electrons. The fourth-order valence-corrected chi connectivity index (χ4v) is 3.18. The minimum absolute atomic E-state index is 1.18. The first kappa shape index (κ1) is 16.2. The van der Waals surface area contributed by atoms with Gasteiger partial charge in [0, 0.05) is 18.4 Å². The van der Waals surface area contributed by atoms with Gasteiger partial charge in [0.1, 0.15) is 0 Å². The molecule has 0 aromatic heterocycles. The van der Waals surface area contributed by atoms with Gasteiger partial charge in [0.25, 0.3) is 0 Å². The second kappa shape index (κ2) is 7.28. The first-order valence-corrected chi connectivity index (χ1v) is 8.86. The van der Waals surface area contributed by atoms with E-state index in [-0.39, 0.29) is 0 Å². The largest absolute Gasteiger partial charge is 0.345 e. The van der Waals surface area contributed by atoms with Gasteiger partial charge in [-0.25, -0.2) is 0 Å². The van der Waals surface area contributed by atoms with Gasteiger partial charge in [-0.15, -0.1) is 0 Å². The van der Waals surface area contributed by atoms with Gasteiger partial charge in [-0.3, -0.25) is 0 Å². The van der Waals surface area contributed by atoms with Crippen LogP contribution in [0.4, 0.5) is 11.4 Å². The van der Waals surface area contributed by atoms with E-state index in [9.17, 15) is 0 Å². The van der Waals surface area contributed by atoms with Gasteiger partial charge >= 0.3 is 0 Å². The summed E-state index contributed by atoms with van der Waals surface area (Å²) in [6.45, 7) is 0. The molecule has 1 heteroatoms. The highest BCUT2D eigenvalue weighted by molar-refractivity contribution is 5.74. The van der Waals surface area contributed by atoms with E-state index in [4.69, 9.17) is 0 Å². The second-order valence-electron chi connectivity index (χ2n) is 6.39. The maximum Gasteiger partial charge on any atom is 0.0414 e. The molecule has 4 aromatic carbocycles. The molecule has 0 atom stereocenters. The average Bonchev–Trinajstić information content (AvgIpc) is 2.75. The molecule has 0 spiro atoms. The van der Waals surface area contributed by atoms with E-state index >= 15 is 0 Å². The summed E-state index contributed by atoms with van der Waals surface area (Å²) in [7, 11) is 2.10. The molecule has 0 aliphatic rings. The van der Waals surface area contributed by atoms with Crippen molar-refractivity contribution in [1.29, 1.82) is 0 Å². The Balaban J connectivity index is 1.62. The lowest BCUT2D eigenvalue weighted by Crippen LogP contribution is -2.08. The van der Waals surface area contributed by atoms with Crippen LogP contribution in [-0.4, -0.2) is 7.05 Å². The third-order valence-corrected chi connectivity index (χ3v) is 4.70. The highest BCUT2D eigenvalue weighted by Crippen LogP contribution is 2.29. The van der Waals surface area contributed by atoms with Crippen molar-refractivity contribution in [2.75, 3.05) is 11.9 Å². The van der Waals surface area contributed by atoms with Gasteiger partial charge in [-0.05, 0) is 46.5 Å². The molecule has 0 unspecified atom stereocenters. The predicted octanol–water partition coefficient (Wildman–Crippen LogP) is 6.79. The number of para-hydroxylation sites is 1. The SMILES string of the molecule is CN(c1ccccc1)c1cccc(-c2ccc(-c3ccccc3)cc2)c1. The summed E-state index contributed by atoms with van der Waals surface area (Å²) in [4.78, 5) is 2.21. The molecule has 0 bridgehead atoms. The quantitative estimate of drug-likeness (QED) is 0.397. The number of rotatable bonds is 4. The minimum atomic E-state index is 1.18. The van der Waals surface area contributed by atoms with Crippen LogP contribution >= 0.6 is 0 Å². The fourth-order valence-electron chi connectivity index (χ4n) is 3.18. The van der Waals surface area contributed by atoms with Crippen molar-refractivity contribution in [2.24, 2.45) is 0 Å². The molecule has 4 aromatic rings. The molecule has 0 fully saturated rings. The molecule has 0 aliphatic heterocycles. The maximum atomic E-state index is 2.24. The van der Waals surface area contributed by atoms with Crippen molar-refractivity contribution in [3.63, 3.8) is 0 Å². The highest BCUT2D eigenvalue weighted by Gasteiger charge is 2.06. The molecule has 0 amide bonds. The maximum absolute atomic E-state index is 2.24. The van der Waals surface area contributed by atoms with Gasteiger partial charge in [-0.2, -0.15) is 0 Å². The topological polar surface area (TPSA) is 3.24 Å². The summed E-state index contributed by atoms with van der Waals surface area (Å²) < 4.78 is 0. The number of benzene rings is 4. The highest BCUT2D eigenvalue weighted by atomic mass is 15.1. The lowest BCUT2D eigenvalue weighted by molar-refractivity contribution is 1.21. The Morgan fingerprint density at radius 3 is 1.54 bits per heavy atom. The molecule has 0 aliphatic carbocycles. The van der Waals surface area contributed by atoms with Crippen molar-refractivity contribution < 1.29 is 0 Å². The Hall–Kier alpha value is -3.32. The van der Waals surface area contributed by atoms with Crippen LogP contribution in [0, 0.1) is 0 Å². The van der Waals surface area contributed by atoms with Crippen molar-refractivity contribution in [3.05, 3.63) is 109 Å². The van der Waals surface area contributed by atoms with Crippen molar-refractivity contribution in [1.82, 2.24) is 0 Å². The van der Waals surface area contributed by atoms with Gasteiger partial charge in [0.2, 0.25) is 0 Å². The number of hydrogen-bond donors (Lipinski definition) is 0. The van der Waals surface area contributed by atoms with E-state index in [1.54, 1.807) is 0 Å². The van der Waals surface area contributed by atoms with Crippen molar-refractivity contribution in [2.45, 2.75) is 0 Å². The number of anilines is 2. The monoisotopic (exact) mass is 335 g/mol. The summed E-state index contributed by atoms with van der Waals surface area (Å²) in [6.07, 6.45) is 0. The molecule has 1 nitrogen and oxygen atoms in total. The first-order chi connectivity index (χ1) is 12.8. The molecule has 0 N–H and O–H groups in total. The third-order valence-electron chi connectivity index (χ3n) is 4.70. The minimum Gasteiger partial charge on any atom is -0.345 e. The zero-order valence-corrected chi connectivity index (χ0v) is 14.8. The van der Waals surface area contributed by atoms with Crippen LogP contribution in [0.3, 0.4) is 0 Å². The molecule has 4 rings (SSSR count). The average molecular weight is 335 g/mol. The van der Waals surface area contributed by atoms with Crippen LogP contribution in [0.15, 0.2) is 109 Å². The van der Waals surface area contributed by atoms with Crippen molar-refractivity contribution in [3.8, 4) is 22.3 Å². The number of nitrogens with zero attached hydrogens (tertiary/aromatic N) is 1. The van der Waals surface area contributed by atoms with E-state index in [2.05, 4.69) is 109 Å². The van der Waals surface area contributed by atoms with Crippen LogP contribution in [-0.2, 0) is 0 Å². The molecule has 0 saturated heterocycles. The van der Waals surface area contributed by atoms with Crippen LogP contribution in [0.25, 0.3) is 22.3 Å². The Morgan fingerprint density at radius 2 is 0.885 bits per heavy atom. The second-order valence-corrected chi connectivity index (χ2v) is 6.39. The lowest BCUT2D eigenvalue weighted by atomic mass is 10.00. The molecular weight excluding hydrogens is 314 g/mol. The standard InChI is InChI=1S/C25H21N/c1-26(24-12-6-3-7-13-24)25-14-8-11-23(19-25)22-17-15-21(16-18-22)20-9-4-2-5-10-20/h2-19H,1H3. The molecular formula is C25H21N. The van der Waals surface area contributed by atoms with Gasteiger partial charge in [0.05, 0.1) is 0 Å². The van der Waals surface area contributed by atoms with Crippen molar-refractivity contribution >= 4 is 11.4 Å². The van der Waals surface area contributed by atoms with Gasteiger partial charge in [-0.1, -0.05) is 84.9 Å². The van der Waals surface area contributed by atoms with E-state index in [0.717, 1.165) is 0 Å². The molecule has 0 heterocycles. The molecule has 0 saturated carbocycles.